The first-order valence-electron chi connectivity index (χ1n) is 6.44. The molecule has 1 amide bonds. The summed E-state index contributed by atoms with van der Waals surface area (Å²) in [5.74, 6) is 0.707. The number of rotatable bonds is 4. The van der Waals surface area contributed by atoms with Gasteiger partial charge in [-0.25, -0.2) is 0 Å². The lowest BCUT2D eigenvalue weighted by molar-refractivity contribution is -0.123. The van der Waals surface area contributed by atoms with Crippen LogP contribution in [0.25, 0.3) is 0 Å². The predicted molar refractivity (Wildman–Crippen MR) is 69.8 cm³/mol. The molecule has 1 rings (SSSR count). The van der Waals surface area contributed by atoms with Crippen LogP contribution in [0.4, 0.5) is 0 Å². The number of hydrogen-bond acceptors (Lipinski definition) is 2. The molecular weight excluding hydrogens is 216 g/mol. The highest BCUT2D eigenvalue weighted by atomic mass is 16.1. The maximum Gasteiger partial charge on any atom is 0.222 e. The van der Waals surface area contributed by atoms with Gasteiger partial charge in [-0.2, -0.15) is 0 Å². The molecule has 17 heavy (non-hydrogen) atoms. The van der Waals surface area contributed by atoms with Gasteiger partial charge in [-0.15, -0.1) is 0 Å². The summed E-state index contributed by atoms with van der Waals surface area (Å²) in [5.41, 5.74) is 5.89. The van der Waals surface area contributed by atoms with Gasteiger partial charge in [0.25, 0.3) is 0 Å². The first-order valence-corrected chi connectivity index (χ1v) is 6.44. The summed E-state index contributed by atoms with van der Waals surface area (Å²) < 4.78 is 0. The van der Waals surface area contributed by atoms with Crippen LogP contribution in [0.15, 0.2) is 4.99 Å². The number of piperidine rings is 1. The van der Waals surface area contributed by atoms with E-state index in [1.165, 1.54) is 19.3 Å². The fourth-order valence-electron chi connectivity index (χ4n) is 1.78. The van der Waals surface area contributed by atoms with Crippen LogP contribution in [-0.4, -0.2) is 42.9 Å². The molecule has 5 nitrogen and oxygen atoms in total. The van der Waals surface area contributed by atoms with Crippen LogP contribution in [0.3, 0.4) is 0 Å². The lowest BCUT2D eigenvalue weighted by atomic mass is 10.1. The second kappa shape index (κ2) is 7.14. The second-order valence-electron chi connectivity index (χ2n) is 4.73. The lowest BCUT2D eigenvalue weighted by Gasteiger charge is -2.27. The SMILES string of the molecule is CC(C)C(=O)NCCN=C(N)N1CCCCC1. The molecule has 98 valence electrons. The van der Waals surface area contributed by atoms with Crippen LogP contribution in [0.1, 0.15) is 33.1 Å². The number of hydrogen-bond donors (Lipinski definition) is 2. The smallest absolute Gasteiger partial charge is 0.222 e. The largest absolute Gasteiger partial charge is 0.370 e. The minimum Gasteiger partial charge on any atom is -0.370 e. The van der Waals surface area contributed by atoms with Gasteiger partial charge in [0.05, 0.1) is 6.54 Å². The molecule has 0 aromatic rings. The molecule has 3 N–H and O–H groups in total. The molecule has 1 fully saturated rings. The number of carbonyl (C=O) groups excluding carboxylic acids is 1. The van der Waals surface area contributed by atoms with E-state index < -0.39 is 0 Å². The Morgan fingerprint density at radius 1 is 1.35 bits per heavy atom. The van der Waals surface area contributed by atoms with Crippen molar-refractivity contribution in [2.24, 2.45) is 16.6 Å². The zero-order valence-corrected chi connectivity index (χ0v) is 10.9. The van der Waals surface area contributed by atoms with Crippen molar-refractivity contribution in [1.82, 2.24) is 10.2 Å². The van der Waals surface area contributed by atoms with Crippen molar-refractivity contribution in [3.8, 4) is 0 Å². The van der Waals surface area contributed by atoms with E-state index in [-0.39, 0.29) is 11.8 Å². The second-order valence-corrected chi connectivity index (χ2v) is 4.73. The third-order valence-electron chi connectivity index (χ3n) is 2.89. The molecule has 5 heteroatoms. The van der Waals surface area contributed by atoms with Crippen LogP contribution >= 0.6 is 0 Å². The first-order chi connectivity index (χ1) is 8.11. The monoisotopic (exact) mass is 240 g/mol. The Morgan fingerprint density at radius 3 is 2.59 bits per heavy atom. The lowest BCUT2D eigenvalue weighted by Crippen LogP contribution is -2.41. The van der Waals surface area contributed by atoms with Gasteiger partial charge in [-0.05, 0) is 19.3 Å². The van der Waals surface area contributed by atoms with Crippen molar-refractivity contribution in [3.63, 3.8) is 0 Å². The van der Waals surface area contributed by atoms with E-state index in [1.54, 1.807) is 0 Å². The highest BCUT2D eigenvalue weighted by Crippen LogP contribution is 2.07. The van der Waals surface area contributed by atoms with Crippen LogP contribution < -0.4 is 11.1 Å². The molecular formula is C12H24N4O. The molecule has 0 bridgehead atoms. The van der Waals surface area contributed by atoms with Crippen molar-refractivity contribution in [2.45, 2.75) is 33.1 Å². The van der Waals surface area contributed by atoms with Gasteiger partial charge in [0.1, 0.15) is 0 Å². The molecule has 0 aromatic carbocycles. The third-order valence-corrected chi connectivity index (χ3v) is 2.89. The molecule has 0 unspecified atom stereocenters. The van der Waals surface area contributed by atoms with Crippen molar-refractivity contribution >= 4 is 11.9 Å². The molecule has 1 heterocycles. The van der Waals surface area contributed by atoms with E-state index in [2.05, 4.69) is 15.2 Å². The third kappa shape index (κ3) is 5.06. The number of nitrogens with zero attached hydrogens (tertiary/aromatic N) is 2. The molecule has 1 aliphatic rings. The Morgan fingerprint density at radius 2 is 2.00 bits per heavy atom. The van der Waals surface area contributed by atoms with E-state index in [0.717, 1.165) is 13.1 Å². The van der Waals surface area contributed by atoms with Crippen molar-refractivity contribution < 1.29 is 4.79 Å². The fourth-order valence-corrected chi connectivity index (χ4v) is 1.78. The quantitative estimate of drug-likeness (QED) is 0.428. The molecule has 0 spiro atoms. The minimum atomic E-state index is 0.0263. The summed E-state index contributed by atoms with van der Waals surface area (Å²) in [6.45, 7) is 6.88. The topological polar surface area (TPSA) is 70.7 Å². The van der Waals surface area contributed by atoms with E-state index in [0.29, 0.717) is 19.0 Å². The summed E-state index contributed by atoms with van der Waals surface area (Å²) in [6, 6.07) is 0. The van der Waals surface area contributed by atoms with Crippen LogP contribution in [0, 0.1) is 5.92 Å². The van der Waals surface area contributed by atoms with Crippen LogP contribution in [-0.2, 0) is 4.79 Å². The number of likely N-dealkylation sites (tertiary alicyclic amines) is 1. The normalized spacial score (nSPS) is 17.4. The number of amides is 1. The standard InChI is InChI=1S/C12H24N4O/c1-10(2)11(17)14-6-7-15-12(13)16-8-4-3-5-9-16/h10H,3-9H2,1-2H3,(H2,13,15)(H,14,17). The minimum absolute atomic E-state index is 0.0263. The van der Waals surface area contributed by atoms with Gasteiger partial charge in [0, 0.05) is 25.6 Å². The van der Waals surface area contributed by atoms with E-state index in [4.69, 9.17) is 5.73 Å². The Kier molecular flexibility index (Phi) is 5.80. The average Bonchev–Trinajstić information content (AvgIpc) is 2.35. The fraction of sp³-hybridized carbons (Fsp3) is 0.833. The number of guanidine groups is 1. The molecule has 0 aliphatic carbocycles. The molecule has 0 aromatic heterocycles. The zero-order chi connectivity index (χ0) is 12.7. The zero-order valence-electron chi connectivity index (χ0n) is 10.9. The average molecular weight is 240 g/mol. The van der Waals surface area contributed by atoms with Crippen molar-refractivity contribution in [2.75, 3.05) is 26.2 Å². The Hall–Kier alpha value is -1.26. The summed E-state index contributed by atoms with van der Waals surface area (Å²) >= 11 is 0. The van der Waals surface area contributed by atoms with Gasteiger partial charge in [-0.1, -0.05) is 13.8 Å². The molecule has 1 saturated heterocycles. The summed E-state index contributed by atoms with van der Waals surface area (Å²) in [4.78, 5) is 17.7. The number of aliphatic imine (C=N–C) groups is 1. The Labute approximate surface area is 103 Å². The maximum atomic E-state index is 11.3. The van der Waals surface area contributed by atoms with Crippen molar-refractivity contribution in [3.05, 3.63) is 0 Å². The highest BCUT2D eigenvalue weighted by Gasteiger charge is 2.11. The van der Waals surface area contributed by atoms with Gasteiger partial charge >= 0.3 is 0 Å². The Balaban J connectivity index is 2.21. The summed E-state index contributed by atoms with van der Waals surface area (Å²) in [6.07, 6.45) is 3.68. The van der Waals surface area contributed by atoms with E-state index in [9.17, 15) is 4.79 Å². The molecule has 0 atom stereocenters. The molecule has 0 saturated carbocycles. The number of nitrogens with one attached hydrogen (secondary N) is 1. The molecule has 1 aliphatic heterocycles. The van der Waals surface area contributed by atoms with Crippen molar-refractivity contribution in [1.29, 1.82) is 0 Å². The summed E-state index contributed by atoms with van der Waals surface area (Å²) in [5, 5.41) is 2.82. The van der Waals surface area contributed by atoms with Crippen LogP contribution in [0.5, 0.6) is 0 Å². The number of nitrogens with two attached hydrogens (primary N) is 1. The van der Waals surface area contributed by atoms with Gasteiger partial charge in [-0.3, -0.25) is 9.79 Å². The maximum absolute atomic E-state index is 11.3. The molecule has 0 radical (unpaired) electrons. The van der Waals surface area contributed by atoms with E-state index >= 15 is 0 Å². The Bertz CT molecular complexity index is 270. The predicted octanol–water partition coefficient (Wildman–Crippen LogP) is 0.559. The van der Waals surface area contributed by atoms with Gasteiger partial charge in [0.15, 0.2) is 5.96 Å². The van der Waals surface area contributed by atoms with Gasteiger partial charge in [0.2, 0.25) is 5.91 Å². The van der Waals surface area contributed by atoms with Crippen LogP contribution in [0.2, 0.25) is 0 Å². The van der Waals surface area contributed by atoms with Gasteiger partial charge < -0.3 is 16.0 Å². The summed E-state index contributed by atoms with van der Waals surface area (Å²) in [7, 11) is 0. The highest BCUT2D eigenvalue weighted by molar-refractivity contribution is 5.79. The first kappa shape index (κ1) is 13.8. The number of carbonyl (C=O) groups is 1. The van der Waals surface area contributed by atoms with E-state index in [1.807, 2.05) is 13.8 Å².